The van der Waals surface area contributed by atoms with Crippen LogP contribution in [0.5, 0.6) is 0 Å². The molecule has 2 aromatic carbocycles. The van der Waals surface area contributed by atoms with Crippen LogP contribution in [0.25, 0.3) is 0 Å². The second-order valence-electron chi connectivity index (χ2n) is 4.76. The Labute approximate surface area is 133 Å². The summed E-state index contributed by atoms with van der Waals surface area (Å²) < 4.78 is 25.8. The van der Waals surface area contributed by atoms with Gasteiger partial charge in [-0.1, -0.05) is 24.3 Å². The van der Waals surface area contributed by atoms with Crippen molar-refractivity contribution < 1.29 is 8.78 Å². The highest BCUT2D eigenvalue weighted by Gasteiger charge is 2.03. The number of thiocarbonyl (C=S) groups is 1. The van der Waals surface area contributed by atoms with Gasteiger partial charge in [-0.2, -0.15) is 5.10 Å². The van der Waals surface area contributed by atoms with Gasteiger partial charge in [0, 0.05) is 5.69 Å². The molecule has 2 rings (SSSR count). The maximum atomic E-state index is 13.0. The monoisotopic (exact) mass is 319 g/mol. The first kappa shape index (κ1) is 16.0. The number of hydrogen-bond donors (Lipinski definition) is 2. The van der Waals surface area contributed by atoms with E-state index in [0.717, 1.165) is 28.9 Å². The maximum Gasteiger partial charge on any atom is 0.191 e. The number of aryl methyl sites for hydroxylation is 2. The van der Waals surface area contributed by atoms with Crippen molar-refractivity contribution >= 4 is 29.2 Å². The van der Waals surface area contributed by atoms with Gasteiger partial charge in [0.25, 0.3) is 0 Å². The molecule has 114 valence electrons. The first-order chi connectivity index (χ1) is 10.5. The van der Waals surface area contributed by atoms with Crippen molar-refractivity contribution in [3.05, 3.63) is 64.7 Å². The Kier molecular flexibility index (Phi) is 5.16. The molecule has 0 aliphatic rings. The third kappa shape index (κ3) is 4.08. The standard InChI is InChI=1S/C16H15F2N3S/c1-10-4-3-5-11(2)15(10)20-16(22)21-19-9-12-6-7-13(17)14(18)8-12/h3-9H,1-2H3,(H2,20,21,22)/b19-9-. The van der Waals surface area contributed by atoms with E-state index in [1.807, 2.05) is 32.0 Å². The zero-order chi connectivity index (χ0) is 16.1. The van der Waals surface area contributed by atoms with Gasteiger partial charge in [-0.15, -0.1) is 0 Å². The number of nitrogens with zero attached hydrogens (tertiary/aromatic N) is 1. The van der Waals surface area contributed by atoms with Crippen molar-refractivity contribution in [1.29, 1.82) is 0 Å². The highest BCUT2D eigenvalue weighted by Crippen LogP contribution is 2.19. The van der Waals surface area contributed by atoms with Gasteiger partial charge in [0.2, 0.25) is 0 Å². The summed E-state index contributed by atoms with van der Waals surface area (Å²) in [6.07, 6.45) is 1.36. The molecule has 0 saturated carbocycles. The molecular weight excluding hydrogens is 304 g/mol. The first-order valence-electron chi connectivity index (χ1n) is 6.58. The summed E-state index contributed by atoms with van der Waals surface area (Å²) in [6.45, 7) is 3.95. The van der Waals surface area contributed by atoms with E-state index in [1.54, 1.807) is 0 Å². The topological polar surface area (TPSA) is 36.4 Å². The largest absolute Gasteiger partial charge is 0.331 e. The summed E-state index contributed by atoms with van der Waals surface area (Å²) >= 11 is 5.15. The van der Waals surface area contributed by atoms with Crippen LogP contribution in [-0.4, -0.2) is 11.3 Å². The van der Waals surface area contributed by atoms with E-state index >= 15 is 0 Å². The number of rotatable bonds is 3. The van der Waals surface area contributed by atoms with E-state index in [2.05, 4.69) is 15.8 Å². The van der Waals surface area contributed by atoms with Crippen molar-refractivity contribution in [3.63, 3.8) is 0 Å². The van der Waals surface area contributed by atoms with Crippen LogP contribution in [0.1, 0.15) is 16.7 Å². The summed E-state index contributed by atoms with van der Waals surface area (Å²) in [5, 5.41) is 7.27. The lowest BCUT2D eigenvalue weighted by atomic mass is 10.1. The summed E-state index contributed by atoms with van der Waals surface area (Å²) in [7, 11) is 0. The first-order valence-corrected chi connectivity index (χ1v) is 6.99. The SMILES string of the molecule is Cc1cccc(C)c1NC(=S)N/N=C\c1ccc(F)c(F)c1. The summed E-state index contributed by atoms with van der Waals surface area (Å²) in [5.74, 6) is -1.81. The summed E-state index contributed by atoms with van der Waals surface area (Å²) in [5.41, 5.74) is 6.12. The lowest BCUT2D eigenvalue weighted by Gasteiger charge is -2.12. The molecule has 2 N–H and O–H groups in total. The predicted octanol–water partition coefficient (Wildman–Crippen LogP) is 3.90. The van der Waals surface area contributed by atoms with Gasteiger partial charge in [0.1, 0.15) is 0 Å². The maximum absolute atomic E-state index is 13.0. The number of halogens is 2. The van der Waals surface area contributed by atoms with Gasteiger partial charge in [-0.05, 0) is 54.9 Å². The fourth-order valence-electron chi connectivity index (χ4n) is 1.91. The van der Waals surface area contributed by atoms with E-state index in [4.69, 9.17) is 12.2 Å². The van der Waals surface area contributed by atoms with Crippen LogP contribution < -0.4 is 10.7 Å². The van der Waals surface area contributed by atoms with Crippen LogP contribution in [0.2, 0.25) is 0 Å². The molecule has 0 saturated heterocycles. The number of benzene rings is 2. The number of nitrogens with one attached hydrogen (secondary N) is 2. The molecule has 0 aliphatic heterocycles. The van der Waals surface area contributed by atoms with E-state index in [0.29, 0.717) is 10.7 Å². The minimum absolute atomic E-state index is 0.316. The van der Waals surface area contributed by atoms with Gasteiger partial charge in [-0.25, -0.2) is 8.78 Å². The molecular formula is C16H15F2N3S. The summed E-state index contributed by atoms with van der Waals surface area (Å²) in [6, 6.07) is 9.44. The number of para-hydroxylation sites is 1. The number of anilines is 1. The third-order valence-corrected chi connectivity index (χ3v) is 3.24. The molecule has 0 amide bonds. The molecule has 0 atom stereocenters. The minimum Gasteiger partial charge on any atom is -0.331 e. The zero-order valence-corrected chi connectivity index (χ0v) is 13.0. The van der Waals surface area contributed by atoms with Crippen LogP contribution in [0.4, 0.5) is 14.5 Å². The molecule has 3 nitrogen and oxygen atoms in total. The molecule has 0 unspecified atom stereocenters. The quantitative estimate of drug-likeness (QED) is 0.512. The second kappa shape index (κ2) is 7.09. The Balaban J connectivity index is 1.98. The van der Waals surface area contributed by atoms with Crippen LogP contribution in [0.3, 0.4) is 0 Å². The van der Waals surface area contributed by atoms with E-state index in [1.165, 1.54) is 12.3 Å². The Morgan fingerprint density at radius 2 is 1.77 bits per heavy atom. The molecule has 0 bridgehead atoms. The molecule has 0 aliphatic carbocycles. The van der Waals surface area contributed by atoms with Gasteiger partial charge in [-0.3, -0.25) is 5.43 Å². The zero-order valence-electron chi connectivity index (χ0n) is 12.2. The smallest absolute Gasteiger partial charge is 0.191 e. The fourth-order valence-corrected chi connectivity index (χ4v) is 2.07. The minimum atomic E-state index is -0.916. The van der Waals surface area contributed by atoms with Gasteiger partial charge < -0.3 is 5.32 Å². The van der Waals surface area contributed by atoms with E-state index < -0.39 is 11.6 Å². The second-order valence-corrected chi connectivity index (χ2v) is 5.17. The summed E-state index contributed by atoms with van der Waals surface area (Å²) in [4.78, 5) is 0. The van der Waals surface area contributed by atoms with Crippen molar-refractivity contribution in [2.24, 2.45) is 5.10 Å². The van der Waals surface area contributed by atoms with E-state index in [-0.39, 0.29) is 0 Å². The predicted molar refractivity (Wildman–Crippen MR) is 89.2 cm³/mol. The fraction of sp³-hybridized carbons (Fsp3) is 0.125. The van der Waals surface area contributed by atoms with Crippen LogP contribution in [0.15, 0.2) is 41.5 Å². The Morgan fingerprint density at radius 3 is 2.41 bits per heavy atom. The van der Waals surface area contributed by atoms with Crippen molar-refractivity contribution in [2.75, 3.05) is 5.32 Å². The van der Waals surface area contributed by atoms with Gasteiger partial charge in [0.05, 0.1) is 6.21 Å². The average Bonchev–Trinajstić information content (AvgIpc) is 2.47. The molecule has 2 aromatic rings. The molecule has 0 fully saturated rings. The van der Waals surface area contributed by atoms with Crippen LogP contribution >= 0.6 is 12.2 Å². The molecule has 0 aromatic heterocycles. The molecule has 0 spiro atoms. The number of hydrazone groups is 1. The van der Waals surface area contributed by atoms with Crippen molar-refractivity contribution in [3.8, 4) is 0 Å². The molecule has 0 radical (unpaired) electrons. The van der Waals surface area contributed by atoms with Crippen LogP contribution in [0, 0.1) is 25.5 Å². The number of hydrogen-bond acceptors (Lipinski definition) is 2. The molecule has 6 heteroatoms. The third-order valence-electron chi connectivity index (χ3n) is 3.04. The van der Waals surface area contributed by atoms with Gasteiger partial charge in [0.15, 0.2) is 16.7 Å². The average molecular weight is 319 g/mol. The Bertz CT molecular complexity index is 709. The highest BCUT2D eigenvalue weighted by molar-refractivity contribution is 7.80. The van der Waals surface area contributed by atoms with Crippen molar-refractivity contribution in [2.45, 2.75) is 13.8 Å². The lowest BCUT2D eigenvalue weighted by molar-refractivity contribution is 0.508. The lowest BCUT2D eigenvalue weighted by Crippen LogP contribution is -2.24. The van der Waals surface area contributed by atoms with Crippen molar-refractivity contribution in [1.82, 2.24) is 5.43 Å². The van der Waals surface area contributed by atoms with Crippen LogP contribution in [-0.2, 0) is 0 Å². The Morgan fingerprint density at radius 1 is 1.09 bits per heavy atom. The normalized spacial score (nSPS) is 10.7. The van der Waals surface area contributed by atoms with E-state index in [9.17, 15) is 8.78 Å². The Hall–Kier alpha value is -2.34. The van der Waals surface area contributed by atoms with Gasteiger partial charge >= 0.3 is 0 Å². The highest BCUT2D eigenvalue weighted by atomic mass is 32.1. The molecule has 22 heavy (non-hydrogen) atoms. The molecule has 0 heterocycles.